The summed E-state index contributed by atoms with van der Waals surface area (Å²) in [4.78, 5) is 87.4. The van der Waals surface area contributed by atoms with Gasteiger partial charge in [-0.15, -0.1) is 5.10 Å². The largest absolute Gasteiger partial charge is 0.461 e. The molecule has 26 heteroatoms. The molecule has 1 aliphatic heterocycles. The van der Waals surface area contributed by atoms with Crippen molar-refractivity contribution < 1.29 is 80.9 Å². The number of likely N-dealkylation sites (tertiary alicyclic amines) is 1. The first-order valence-corrected chi connectivity index (χ1v) is 27.4. The molecule has 2 aromatic rings. The van der Waals surface area contributed by atoms with Crippen molar-refractivity contribution in [1.82, 2.24) is 35.8 Å². The number of anilines is 1. The first-order valence-electron chi connectivity index (χ1n) is 27.4. The molecule has 26 nitrogen and oxygen atoms in total. The standard InChI is InChI=1S/C53H85N9O17/c1-40-33-50(66)62(53(40)69)35-42-6-10-44(11-7-42)51(67)56-34-46-36-61(60-59-46)16-18-71-20-22-73-24-26-75-28-30-77-32-31-76-29-27-74-25-23-72-21-19-70-17-15-55-48(64)38-78-39-49(65)58-47(5-3-4-14-54)52(68)57-45-12-8-43(9-13-45)37-79-41(2)63/h8-9,12-13,36,40,42,44,47H,3-7,10-11,14-35,37-39,54H2,1-2H3,(H,55,64)(H,56,67)(H,57,68)(H,58,65)/t40?,42?,44?,47-/m0/s1. The number of aromatic nitrogens is 3. The fourth-order valence-corrected chi connectivity index (χ4v) is 8.20. The van der Waals surface area contributed by atoms with Crippen LogP contribution in [0.3, 0.4) is 0 Å². The number of esters is 1. The Labute approximate surface area is 462 Å². The molecule has 1 saturated heterocycles. The van der Waals surface area contributed by atoms with Gasteiger partial charge in [-0.05, 0) is 75.1 Å². The average Bonchev–Trinajstić information content (AvgIpc) is 4.00. The van der Waals surface area contributed by atoms with Crippen molar-refractivity contribution in [2.24, 2.45) is 23.5 Å². The SMILES string of the molecule is CC(=O)OCc1ccc(NC(=O)[C@H](CCCCN)NC(=O)COCC(=O)NCCOCCOCCOCCOCCOCCOCCOCCOCCn2cc(CNC(=O)C3CCC(CN4C(=O)CC(C)C4=O)CC3)nn2)cc1. The van der Waals surface area contributed by atoms with Crippen molar-refractivity contribution in [1.29, 1.82) is 0 Å². The molecule has 79 heavy (non-hydrogen) atoms. The lowest BCUT2D eigenvalue weighted by Gasteiger charge is -2.30. The number of nitrogens with one attached hydrogen (secondary N) is 4. The van der Waals surface area contributed by atoms with Crippen molar-refractivity contribution in [2.75, 3.05) is 144 Å². The van der Waals surface area contributed by atoms with Crippen LogP contribution in [0.4, 0.5) is 5.69 Å². The summed E-state index contributed by atoms with van der Waals surface area (Å²) in [6.07, 6.45) is 6.83. The van der Waals surface area contributed by atoms with E-state index in [9.17, 15) is 33.6 Å². The Morgan fingerprint density at radius 2 is 1.25 bits per heavy atom. The average molecular weight is 1120 g/mol. The summed E-state index contributed by atoms with van der Waals surface area (Å²) < 4.78 is 56.1. The maximum Gasteiger partial charge on any atom is 0.302 e. The van der Waals surface area contributed by atoms with E-state index in [0.717, 1.165) is 31.2 Å². The van der Waals surface area contributed by atoms with Crippen LogP contribution in [0.2, 0.25) is 0 Å². The zero-order chi connectivity index (χ0) is 56.7. The van der Waals surface area contributed by atoms with E-state index in [4.69, 9.17) is 53.1 Å². The molecule has 4 rings (SSSR count). The number of imide groups is 1. The molecule has 1 aromatic heterocycles. The van der Waals surface area contributed by atoms with Crippen LogP contribution in [0.1, 0.15) is 76.5 Å². The number of unbranched alkanes of at least 4 members (excludes halogenated alkanes) is 1. The fourth-order valence-electron chi connectivity index (χ4n) is 8.20. The smallest absolute Gasteiger partial charge is 0.302 e. The Bertz CT molecular complexity index is 2080. The van der Waals surface area contributed by atoms with E-state index >= 15 is 0 Å². The van der Waals surface area contributed by atoms with E-state index in [-0.39, 0.29) is 61.8 Å². The van der Waals surface area contributed by atoms with Gasteiger partial charge in [-0.3, -0.25) is 38.5 Å². The molecule has 1 aromatic carbocycles. The Kier molecular flexibility index (Phi) is 33.9. The van der Waals surface area contributed by atoms with Gasteiger partial charge in [0.1, 0.15) is 31.6 Å². The minimum Gasteiger partial charge on any atom is -0.461 e. The van der Waals surface area contributed by atoms with Gasteiger partial charge in [-0.1, -0.05) is 24.3 Å². The predicted molar refractivity (Wildman–Crippen MR) is 284 cm³/mol. The molecule has 2 atom stereocenters. The molecule has 444 valence electrons. The lowest BCUT2D eigenvalue weighted by molar-refractivity contribution is -0.142. The van der Waals surface area contributed by atoms with Crippen LogP contribution in [0.5, 0.6) is 0 Å². The van der Waals surface area contributed by atoms with Gasteiger partial charge in [0, 0.05) is 44.0 Å². The van der Waals surface area contributed by atoms with Crippen molar-refractivity contribution >= 4 is 47.1 Å². The summed E-state index contributed by atoms with van der Waals surface area (Å²) in [7, 11) is 0. The zero-order valence-electron chi connectivity index (χ0n) is 46.1. The number of benzene rings is 1. The number of nitrogens with zero attached hydrogens (tertiary/aromatic N) is 4. The molecule has 0 bridgehead atoms. The third-order valence-electron chi connectivity index (χ3n) is 12.5. The topological polar surface area (TPSA) is 320 Å². The van der Waals surface area contributed by atoms with E-state index in [1.807, 2.05) is 0 Å². The minimum atomic E-state index is -0.841. The second-order valence-corrected chi connectivity index (χ2v) is 19.0. The maximum atomic E-state index is 13.0. The third-order valence-corrected chi connectivity index (χ3v) is 12.5. The molecule has 0 radical (unpaired) electrons. The normalized spacial score (nSPS) is 16.7. The van der Waals surface area contributed by atoms with Crippen molar-refractivity contribution in [3.63, 3.8) is 0 Å². The van der Waals surface area contributed by atoms with E-state index < -0.39 is 36.3 Å². The van der Waals surface area contributed by atoms with E-state index in [0.29, 0.717) is 162 Å². The second kappa shape index (κ2) is 40.6. The van der Waals surface area contributed by atoms with Crippen molar-refractivity contribution in [2.45, 2.75) is 91.0 Å². The van der Waals surface area contributed by atoms with Crippen LogP contribution >= 0.6 is 0 Å². The highest BCUT2D eigenvalue weighted by molar-refractivity contribution is 6.03. The minimum absolute atomic E-state index is 0.0101. The maximum absolute atomic E-state index is 13.0. The van der Waals surface area contributed by atoms with Crippen LogP contribution in [-0.4, -0.2) is 206 Å². The monoisotopic (exact) mass is 1120 g/mol. The molecule has 1 saturated carbocycles. The van der Waals surface area contributed by atoms with Crippen LogP contribution in [0.25, 0.3) is 0 Å². The first kappa shape index (κ1) is 66.0. The van der Waals surface area contributed by atoms with Crippen LogP contribution < -0.4 is 27.0 Å². The number of amides is 6. The molecule has 2 aliphatic rings. The van der Waals surface area contributed by atoms with Crippen molar-refractivity contribution in [3.05, 3.63) is 41.7 Å². The van der Waals surface area contributed by atoms with Crippen LogP contribution in [0.15, 0.2) is 30.5 Å². The first-order chi connectivity index (χ1) is 38.4. The summed E-state index contributed by atoms with van der Waals surface area (Å²) in [6, 6.07) is 5.95. The summed E-state index contributed by atoms with van der Waals surface area (Å²) >= 11 is 0. The Hall–Kier alpha value is -5.55. The summed E-state index contributed by atoms with van der Waals surface area (Å²) in [5, 5.41) is 19.3. The van der Waals surface area contributed by atoms with Crippen LogP contribution in [-0.2, 0) is 101 Å². The summed E-state index contributed by atoms with van der Waals surface area (Å²) in [6.45, 7) is 10.9. The number of rotatable bonds is 45. The molecule has 0 spiro atoms. The number of hydrogen-bond acceptors (Lipinski definition) is 20. The zero-order valence-corrected chi connectivity index (χ0v) is 46.1. The van der Waals surface area contributed by atoms with Crippen LogP contribution in [0, 0.1) is 17.8 Å². The molecule has 6 amide bonds. The van der Waals surface area contributed by atoms with Gasteiger partial charge in [0.05, 0.1) is 125 Å². The number of ether oxygens (including phenoxy) is 10. The Morgan fingerprint density at radius 1 is 0.696 bits per heavy atom. The highest BCUT2D eigenvalue weighted by atomic mass is 16.6. The number of carbonyl (C=O) groups is 7. The van der Waals surface area contributed by atoms with E-state index in [1.165, 1.54) is 11.8 Å². The van der Waals surface area contributed by atoms with Gasteiger partial charge in [-0.25, -0.2) is 4.68 Å². The molecular weight excluding hydrogens is 1030 g/mol. The lowest BCUT2D eigenvalue weighted by atomic mass is 9.81. The molecule has 1 aliphatic carbocycles. The predicted octanol–water partition coefficient (Wildman–Crippen LogP) is 0.677. The van der Waals surface area contributed by atoms with Crippen molar-refractivity contribution in [3.8, 4) is 0 Å². The Balaban J connectivity index is 0.831. The Morgan fingerprint density at radius 3 is 1.80 bits per heavy atom. The van der Waals surface area contributed by atoms with Gasteiger partial charge in [0.15, 0.2) is 0 Å². The molecule has 6 N–H and O–H groups in total. The highest BCUT2D eigenvalue weighted by Gasteiger charge is 2.38. The fraction of sp³-hybridized carbons (Fsp3) is 0.717. The number of nitrogens with two attached hydrogens (primary N) is 1. The summed E-state index contributed by atoms with van der Waals surface area (Å²) in [5.41, 5.74) is 7.53. The van der Waals surface area contributed by atoms with Gasteiger partial charge in [-0.2, -0.15) is 0 Å². The summed E-state index contributed by atoms with van der Waals surface area (Å²) in [5.74, 6) is -2.03. The second-order valence-electron chi connectivity index (χ2n) is 19.0. The van der Waals surface area contributed by atoms with Gasteiger partial charge >= 0.3 is 5.97 Å². The quantitative estimate of drug-likeness (QED) is 0.0346. The number of carbonyl (C=O) groups excluding carboxylic acids is 7. The van der Waals surface area contributed by atoms with Gasteiger partial charge < -0.3 is 74.4 Å². The van der Waals surface area contributed by atoms with Gasteiger partial charge in [0.2, 0.25) is 35.4 Å². The van der Waals surface area contributed by atoms with E-state index in [2.05, 4.69) is 31.6 Å². The molecule has 2 fully saturated rings. The lowest BCUT2D eigenvalue weighted by Crippen LogP contribution is -2.45. The van der Waals surface area contributed by atoms with Gasteiger partial charge in [0.25, 0.3) is 0 Å². The molecule has 2 heterocycles. The molecule has 1 unspecified atom stereocenters. The third kappa shape index (κ3) is 29.5. The molecular formula is C53H85N9O17. The number of hydrogen-bond donors (Lipinski definition) is 5. The highest BCUT2D eigenvalue weighted by Crippen LogP contribution is 2.31. The van der Waals surface area contributed by atoms with E-state index in [1.54, 1.807) is 42.1 Å².